The largest absolute Gasteiger partial charge is 0.480 e. The van der Waals surface area contributed by atoms with Gasteiger partial charge in [-0.2, -0.15) is 5.10 Å². The van der Waals surface area contributed by atoms with E-state index in [-0.39, 0.29) is 13.2 Å². The maximum absolute atomic E-state index is 10.7. The van der Waals surface area contributed by atoms with Gasteiger partial charge in [0.1, 0.15) is 6.61 Å². The Bertz CT molecular complexity index is 1090. The van der Waals surface area contributed by atoms with Gasteiger partial charge in [0.2, 0.25) is 0 Å². The summed E-state index contributed by atoms with van der Waals surface area (Å²) in [6.07, 6.45) is 4.40. The molecule has 7 heteroatoms. The molecule has 0 aliphatic heterocycles. The predicted octanol–water partition coefficient (Wildman–Crippen LogP) is 4.41. The molecule has 4 rings (SSSR count). The van der Waals surface area contributed by atoms with Crippen molar-refractivity contribution in [3.8, 4) is 22.4 Å². The normalized spacial score (nSPS) is 18.7. The van der Waals surface area contributed by atoms with Crippen LogP contribution in [0.2, 0.25) is 0 Å². The van der Waals surface area contributed by atoms with Crippen LogP contribution in [0.4, 0.5) is 0 Å². The van der Waals surface area contributed by atoms with Gasteiger partial charge in [0, 0.05) is 17.7 Å². The molecule has 1 aromatic heterocycles. The molecule has 3 aromatic rings. The van der Waals surface area contributed by atoms with Crippen LogP contribution in [0.15, 0.2) is 60.7 Å². The summed E-state index contributed by atoms with van der Waals surface area (Å²) in [7, 11) is 0. The average molecular weight is 493 g/mol. The fourth-order valence-electron chi connectivity index (χ4n) is 5.15. The summed E-state index contributed by atoms with van der Waals surface area (Å²) < 4.78 is 7.48. The van der Waals surface area contributed by atoms with E-state index in [0.717, 1.165) is 60.3 Å². The Labute approximate surface area is 212 Å². The smallest absolute Gasteiger partial charge is 0.329 e. The molecular weight excluding hydrogens is 456 g/mol. The van der Waals surface area contributed by atoms with Gasteiger partial charge in [-0.15, -0.1) is 0 Å². The summed E-state index contributed by atoms with van der Waals surface area (Å²) in [6, 6.07) is 20.6. The van der Waals surface area contributed by atoms with Gasteiger partial charge in [0.25, 0.3) is 0 Å². The molecule has 0 radical (unpaired) electrons. The maximum atomic E-state index is 10.7. The summed E-state index contributed by atoms with van der Waals surface area (Å²) >= 11 is 0. The third-order valence-electron chi connectivity index (χ3n) is 7.04. The number of ether oxygens (including phenoxy) is 1. The van der Waals surface area contributed by atoms with Crippen molar-refractivity contribution in [2.24, 2.45) is 11.8 Å². The van der Waals surface area contributed by atoms with Crippen LogP contribution in [0.3, 0.4) is 0 Å². The maximum Gasteiger partial charge on any atom is 0.329 e. The number of benzene rings is 2. The van der Waals surface area contributed by atoms with E-state index in [4.69, 9.17) is 14.9 Å². The highest BCUT2D eigenvalue weighted by molar-refractivity contribution is 5.83. The molecule has 3 N–H and O–H groups in total. The molecule has 36 heavy (non-hydrogen) atoms. The topological polar surface area (TPSA) is 105 Å². The van der Waals surface area contributed by atoms with Gasteiger partial charge in [0.15, 0.2) is 0 Å². The number of aliphatic carboxylic acids is 1. The van der Waals surface area contributed by atoms with E-state index in [2.05, 4.69) is 28.9 Å². The quantitative estimate of drug-likeness (QED) is 0.346. The van der Waals surface area contributed by atoms with Crippen molar-refractivity contribution < 1.29 is 24.9 Å². The van der Waals surface area contributed by atoms with E-state index in [1.165, 1.54) is 0 Å². The minimum atomic E-state index is -0.924. The van der Waals surface area contributed by atoms with Crippen LogP contribution in [-0.4, -0.2) is 57.0 Å². The van der Waals surface area contributed by atoms with Gasteiger partial charge < -0.3 is 20.1 Å². The van der Waals surface area contributed by atoms with Crippen LogP contribution in [0.1, 0.15) is 37.8 Å². The zero-order valence-corrected chi connectivity index (χ0v) is 20.6. The van der Waals surface area contributed by atoms with Crippen molar-refractivity contribution in [1.29, 1.82) is 0 Å². The lowest BCUT2D eigenvalue weighted by molar-refractivity contribution is -0.142. The zero-order chi connectivity index (χ0) is 25.3. The van der Waals surface area contributed by atoms with E-state index < -0.39 is 12.1 Å². The van der Waals surface area contributed by atoms with Gasteiger partial charge in [0.05, 0.1) is 30.7 Å². The lowest BCUT2D eigenvalue weighted by Gasteiger charge is -2.28. The van der Waals surface area contributed by atoms with Crippen LogP contribution in [0, 0.1) is 11.8 Å². The molecule has 0 saturated heterocycles. The summed E-state index contributed by atoms with van der Waals surface area (Å²) in [5, 5.41) is 33.2. The minimum Gasteiger partial charge on any atom is -0.480 e. The van der Waals surface area contributed by atoms with Gasteiger partial charge in [-0.25, -0.2) is 4.79 Å². The number of nitrogens with zero attached hydrogens (tertiary/aromatic N) is 2. The molecule has 7 nitrogen and oxygen atoms in total. The van der Waals surface area contributed by atoms with Crippen molar-refractivity contribution in [2.75, 3.05) is 19.8 Å². The number of aromatic nitrogens is 2. The first kappa shape index (κ1) is 26.1. The lowest BCUT2D eigenvalue weighted by Crippen LogP contribution is -2.23. The van der Waals surface area contributed by atoms with Crippen molar-refractivity contribution >= 4 is 5.97 Å². The highest BCUT2D eigenvalue weighted by Gasteiger charge is 2.26. The fourth-order valence-corrected chi connectivity index (χ4v) is 5.15. The average Bonchev–Trinajstić information content (AvgIpc) is 3.27. The number of aliphatic hydroxyl groups is 2. The standard InChI is InChI=1S/C29H36N2O5/c32-18-25(33)15-16-26-28(23-7-3-1-4-8-23)29(24-9-5-2-6-10-24)31(30-26)17-21-11-13-22(14-12-21)19-36-20-27(34)35/h1-10,21-22,25,32-33H,11-20H2,(H,34,35)/t21-,22+,25-/m0/s1. The molecular formula is C29H36N2O5. The molecule has 2 aromatic carbocycles. The number of carboxylic acids is 1. The number of aliphatic hydroxyl groups excluding tert-OH is 2. The molecule has 1 heterocycles. The Morgan fingerprint density at radius 1 is 0.972 bits per heavy atom. The Balaban J connectivity index is 1.60. The van der Waals surface area contributed by atoms with Crippen molar-refractivity contribution in [3.05, 3.63) is 66.4 Å². The molecule has 1 aliphatic carbocycles. The van der Waals surface area contributed by atoms with Crippen LogP contribution in [-0.2, 0) is 22.5 Å². The van der Waals surface area contributed by atoms with Crippen LogP contribution >= 0.6 is 0 Å². The first-order valence-corrected chi connectivity index (χ1v) is 12.8. The molecule has 192 valence electrons. The van der Waals surface area contributed by atoms with Gasteiger partial charge in [-0.3, -0.25) is 4.68 Å². The third-order valence-corrected chi connectivity index (χ3v) is 7.04. The fraction of sp³-hybridized carbons (Fsp3) is 0.448. The Hall–Kier alpha value is -3.00. The van der Waals surface area contributed by atoms with E-state index in [0.29, 0.717) is 31.3 Å². The van der Waals surface area contributed by atoms with Crippen LogP contribution < -0.4 is 0 Å². The van der Waals surface area contributed by atoms with E-state index in [9.17, 15) is 15.0 Å². The second kappa shape index (κ2) is 12.8. The summed E-state index contributed by atoms with van der Waals surface area (Å²) in [4.78, 5) is 10.7. The Morgan fingerprint density at radius 3 is 2.19 bits per heavy atom. The Kier molecular flexibility index (Phi) is 9.28. The molecule has 0 spiro atoms. The first-order valence-electron chi connectivity index (χ1n) is 12.8. The first-order chi connectivity index (χ1) is 17.5. The molecule has 0 amide bonds. The van der Waals surface area contributed by atoms with Crippen LogP contribution in [0.5, 0.6) is 0 Å². The van der Waals surface area contributed by atoms with Crippen molar-refractivity contribution in [1.82, 2.24) is 9.78 Å². The highest BCUT2D eigenvalue weighted by Crippen LogP contribution is 2.38. The molecule has 0 bridgehead atoms. The van der Waals surface area contributed by atoms with Gasteiger partial charge in [-0.05, 0) is 55.9 Å². The lowest BCUT2D eigenvalue weighted by atomic mass is 9.82. The van der Waals surface area contributed by atoms with Gasteiger partial charge in [-0.1, -0.05) is 60.7 Å². The number of hydrogen-bond donors (Lipinski definition) is 3. The molecule has 1 saturated carbocycles. The minimum absolute atomic E-state index is 0.232. The summed E-state index contributed by atoms with van der Waals surface area (Å²) in [5.74, 6) is -0.0443. The number of hydrogen-bond acceptors (Lipinski definition) is 5. The molecule has 0 unspecified atom stereocenters. The molecule has 1 atom stereocenters. The highest BCUT2D eigenvalue weighted by atomic mass is 16.5. The Morgan fingerprint density at radius 2 is 1.58 bits per heavy atom. The number of aryl methyl sites for hydroxylation is 1. The van der Waals surface area contributed by atoms with Crippen molar-refractivity contribution in [3.63, 3.8) is 0 Å². The van der Waals surface area contributed by atoms with Crippen molar-refractivity contribution in [2.45, 2.75) is 51.2 Å². The zero-order valence-electron chi connectivity index (χ0n) is 20.6. The number of rotatable bonds is 12. The van der Waals surface area contributed by atoms with Crippen LogP contribution in [0.25, 0.3) is 22.4 Å². The molecule has 1 fully saturated rings. The van der Waals surface area contributed by atoms with Gasteiger partial charge >= 0.3 is 5.97 Å². The SMILES string of the molecule is O=C(O)COC[C@H]1CC[C@@H](Cn2nc(CC[C@H](O)CO)c(-c3ccccc3)c2-c2ccccc2)CC1. The van der Waals surface area contributed by atoms with E-state index in [1.54, 1.807) is 0 Å². The second-order valence-electron chi connectivity index (χ2n) is 9.76. The van der Waals surface area contributed by atoms with E-state index in [1.807, 2.05) is 36.4 Å². The summed E-state index contributed by atoms with van der Waals surface area (Å²) in [6.45, 7) is 0.816. The summed E-state index contributed by atoms with van der Waals surface area (Å²) in [5.41, 5.74) is 5.30. The number of carboxylic acid groups (broad SMARTS) is 1. The van der Waals surface area contributed by atoms with E-state index >= 15 is 0 Å². The molecule has 1 aliphatic rings. The monoisotopic (exact) mass is 492 g/mol. The second-order valence-corrected chi connectivity index (χ2v) is 9.76. The predicted molar refractivity (Wildman–Crippen MR) is 138 cm³/mol. The third kappa shape index (κ3) is 6.81. The number of carbonyl (C=O) groups is 1.